The molecule has 7 nitrogen and oxygen atoms in total. The topological polar surface area (TPSA) is 82.3 Å². The van der Waals surface area contributed by atoms with Crippen molar-refractivity contribution in [3.8, 4) is 5.75 Å². The summed E-state index contributed by atoms with van der Waals surface area (Å²) in [6.45, 7) is 2.47. The molecule has 35 heavy (non-hydrogen) atoms. The largest absolute Gasteiger partial charge is 0.494 e. The van der Waals surface area contributed by atoms with Crippen molar-refractivity contribution in [1.82, 2.24) is 9.13 Å². The molecule has 2 heterocycles. The molecule has 2 aromatic heterocycles. The minimum Gasteiger partial charge on any atom is -0.494 e. The van der Waals surface area contributed by atoms with Crippen LogP contribution in [0.4, 0.5) is 5.69 Å². The van der Waals surface area contributed by atoms with Crippen molar-refractivity contribution >= 4 is 33.1 Å². The molecule has 4 aromatic rings. The maximum Gasteiger partial charge on any atom is 0.332 e. The number of aromatic nitrogens is 2. The molecule has 1 amide bonds. The zero-order chi connectivity index (χ0) is 24.4. The first-order chi connectivity index (χ1) is 17.0. The first kappa shape index (κ1) is 23.1. The number of anilines is 1. The van der Waals surface area contributed by atoms with Gasteiger partial charge in [0.1, 0.15) is 17.1 Å². The van der Waals surface area contributed by atoms with E-state index in [1.54, 1.807) is 24.3 Å². The molecule has 0 aliphatic heterocycles. The third kappa shape index (κ3) is 4.66. The number of carbonyl (C=O) groups is 1. The Morgan fingerprint density at radius 2 is 1.74 bits per heavy atom. The van der Waals surface area contributed by atoms with Crippen LogP contribution in [0, 0.1) is 0 Å². The van der Waals surface area contributed by atoms with E-state index >= 15 is 0 Å². The van der Waals surface area contributed by atoms with Gasteiger partial charge in [-0.1, -0.05) is 30.3 Å². The highest BCUT2D eigenvalue weighted by Crippen LogP contribution is 2.34. The highest BCUT2D eigenvalue weighted by atomic mass is 32.1. The highest BCUT2D eigenvalue weighted by molar-refractivity contribution is 7.18. The molecule has 0 saturated heterocycles. The van der Waals surface area contributed by atoms with Gasteiger partial charge in [0, 0.05) is 10.6 Å². The number of hydrogen-bond acceptors (Lipinski definition) is 5. The smallest absolute Gasteiger partial charge is 0.332 e. The first-order valence-electron chi connectivity index (χ1n) is 11.9. The van der Waals surface area contributed by atoms with Crippen molar-refractivity contribution in [2.75, 3.05) is 11.9 Å². The van der Waals surface area contributed by atoms with Gasteiger partial charge < -0.3 is 10.1 Å². The number of nitrogens with one attached hydrogen (secondary N) is 1. The van der Waals surface area contributed by atoms with Crippen LogP contribution in [0.2, 0.25) is 0 Å². The van der Waals surface area contributed by atoms with Crippen LogP contribution in [0.5, 0.6) is 5.75 Å². The fourth-order valence-corrected chi connectivity index (χ4v) is 5.98. The Labute approximate surface area is 206 Å². The molecule has 5 rings (SSSR count). The summed E-state index contributed by atoms with van der Waals surface area (Å²) >= 11 is 1.48. The van der Waals surface area contributed by atoms with Crippen molar-refractivity contribution in [2.24, 2.45) is 0 Å². The normalized spacial score (nSPS) is 12.9. The molecule has 0 saturated carbocycles. The van der Waals surface area contributed by atoms with Crippen LogP contribution in [0.15, 0.2) is 64.2 Å². The number of rotatable bonds is 7. The van der Waals surface area contributed by atoms with Crippen LogP contribution in [-0.4, -0.2) is 21.6 Å². The number of thiophene rings is 1. The van der Waals surface area contributed by atoms with E-state index < -0.39 is 5.69 Å². The van der Waals surface area contributed by atoms with Crippen LogP contribution < -0.4 is 21.3 Å². The van der Waals surface area contributed by atoms with Gasteiger partial charge in [-0.3, -0.25) is 18.7 Å². The van der Waals surface area contributed by atoms with Crippen LogP contribution in [0.1, 0.15) is 35.8 Å². The Hall–Kier alpha value is -3.65. The molecule has 0 radical (unpaired) electrons. The third-order valence-corrected chi connectivity index (χ3v) is 7.57. The van der Waals surface area contributed by atoms with E-state index in [1.807, 2.05) is 37.3 Å². The average Bonchev–Trinajstić information content (AvgIpc) is 3.26. The van der Waals surface area contributed by atoms with Crippen LogP contribution in [0.25, 0.3) is 10.2 Å². The quantitative estimate of drug-likeness (QED) is 0.422. The Morgan fingerprint density at radius 1 is 1.00 bits per heavy atom. The summed E-state index contributed by atoms with van der Waals surface area (Å²) in [5.41, 5.74) is 1.79. The summed E-state index contributed by atoms with van der Waals surface area (Å²) in [4.78, 5) is 41.9. The second kappa shape index (κ2) is 9.92. The summed E-state index contributed by atoms with van der Waals surface area (Å²) in [6.07, 6.45) is 3.82. The summed E-state index contributed by atoms with van der Waals surface area (Å²) in [6, 6.07) is 16.6. The lowest BCUT2D eigenvalue weighted by Crippen LogP contribution is -2.41. The number of ether oxygens (including phenoxy) is 1. The summed E-state index contributed by atoms with van der Waals surface area (Å²) in [5.74, 6) is 0.398. The fourth-order valence-electron chi connectivity index (χ4n) is 4.61. The predicted octanol–water partition coefficient (Wildman–Crippen LogP) is 4.19. The Bertz CT molecular complexity index is 1480. The van der Waals surface area contributed by atoms with Gasteiger partial charge in [-0.2, -0.15) is 0 Å². The van der Waals surface area contributed by atoms with E-state index in [1.165, 1.54) is 20.5 Å². The molecule has 8 heteroatoms. The second-order valence-corrected chi connectivity index (χ2v) is 9.73. The lowest BCUT2D eigenvalue weighted by Gasteiger charge is -2.14. The Balaban J connectivity index is 1.54. The number of benzene rings is 2. The van der Waals surface area contributed by atoms with Crippen molar-refractivity contribution in [1.29, 1.82) is 0 Å². The molecule has 1 aliphatic carbocycles. The van der Waals surface area contributed by atoms with E-state index in [-0.39, 0.29) is 24.6 Å². The molecule has 2 aromatic carbocycles. The lowest BCUT2D eigenvalue weighted by molar-refractivity contribution is -0.116. The highest BCUT2D eigenvalue weighted by Gasteiger charge is 2.24. The number of carbonyl (C=O) groups excluding carboxylic acids is 1. The summed E-state index contributed by atoms with van der Waals surface area (Å²) < 4.78 is 8.18. The monoisotopic (exact) mass is 489 g/mol. The maximum atomic E-state index is 13.6. The van der Waals surface area contributed by atoms with Crippen LogP contribution in [-0.2, 0) is 30.7 Å². The maximum absolute atomic E-state index is 13.6. The Morgan fingerprint density at radius 3 is 2.49 bits per heavy atom. The SMILES string of the molecule is CCOc1ccc(NC(=O)Cn2c(=O)n(Cc3ccccc3)c(=O)c3c4c(sc32)CCCC4)cc1. The predicted molar refractivity (Wildman–Crippen MR) is 139 cm³/mol. The second-order valence-electron chi connectivity index (χ2n) is 8.64. The molecule has 0 atom stereocenters. The molecule has 0 fully saturated rings. The number of amides is 1. The number of nitrogens with zero attached hydrogens (tertiary/aromatic N) is 2. The number of hydrogen-bond donors (Lipinski definition) is 1. The van der Waals surface area contributed by atoms with Gasteiger partial charge in [-0.05, 0) is 68.0 Å². The van der Waals surface area contributed by atoms with Gasteiger partial charge in [-0.25, -0.2) is 4.79 Å². The van der Waals surface area contributed by atoms with E-state index in [4.69, 9.17) is 4.74 Å². The average molecular weight is 490 g/mol. The minimum absolute atomic E-state index is 0.166. The van der Waals surface area contributed by atoms with Gasteiger partial charge in [0.2, 0.25) is 5.91 Å². The first-order valence-corrected chi connectivity index (χ1v) is 12.7. The molecular formula is C27H27N3O4S. The summed E-state index contributed by atoms with van der Waals surface area (Å²) in [5, 5.41) is 3.45. The van der Waals surface area contributed by atoms with Crippen molar-refractivity contribution in [3.05, 3.63) is 91.4 Å². The molecule has 0 unspecified atom stereocenters. The molecular weight excluding hydrogens is 462 g/mol. The van der Waals surface area contributed by atoms with Crippen LogP contribution >= 0.6 is 11.3 Å². The lowest BCUT2D eigenvalue weighted by atomic mass is 9.97. The van der Waals surface area contributed by atoms with E-state index in [0.717, 1.165) is 47.4 Å². The van der Waals surface area contributed by atoms with E-state index in [2.05, 4.69) is 5.32 Å². The molecule has 1 aliphatic rings. The van der Waals surface area contributed by atoms with Crippen molar-refractivity contribution in [3.63, 3.8) is 0 Å². The minimum atomic E-state index is -0.466. The van der Waals surface area contributed by atoms with Gasteiger partial charge >= 0.3 is 5.69 Å². The van der Waals surface area contributed by atoms with Crippen molar-refractivity contribution < 1.29 is 9.53 Å². The van der Waals surface area contributed by atoms with Gasteiger partial charge in [0.25, 0.3) is 5.56 Å². The molecule has 0 spiro atoms. The zero-order valence-corrected chi connectivity index (χ0v) is 20.4. The third-order valence-electron chi connectivity index (χ3n) is 6.25. The molecule has 0 bridgehead atoms. The van der Waals surface area contributed by atoms with Gasteiger partial charge in [-0.15, -0.1) is 11.3 Å². The van der Waals surface area contributed by atoms with Gasteiger partial charge in [0.15, 0.2) is 0 Å². The van der Waals surface area contributed by atoms with Gasteiger partial charge in [0.05, 0.1) is 18.5 Å². The molecule has 1 N–H and O–H groups in total. The van der Waals surface area contributed by atoms with Crippen LogP contribution in [0.3, 0.4) is 0 Å². The standard InChI is InChI=1S/C27H27N3O4S/c1-2-34-20-14-12-19(13-15-20)28-23(31)17-30-26-24(21-10-6-7-11-22(21)35-26)25(32)29(27(30)33)16-18-8-4-3-5-9-18/h3-5,8-9,12-15H,2,6-7,10-11,16-17H2,1H3,(H,28,31). The summed E-state index contributed by atoms with van der Waals surface area (Å²) in [7, 11) is 0. The Kier molecular flexibility index (Phi) is 6.55. The van der Waals surface area contributed by atoms with E-state index in [0.29, 0.717) is 22.5 Å². The van der Waals surface area contributed by atoms with Crippen molar-refractivity contribution in [2.45, 2.75) is 45.7 Å². The fraction of sp³-hybridized carbons (Fsp3) is 0.296. The number of fused-ring (bicyclic) bond motifs is 3. The zero-order valence-electron chi connectivity index (χ0n) is 19.6. The number of aryl methyl sites for hydroxylation is 2. The molecule has 180 valence electrons. The van der Waals surface area contributed by atoms with E-state index in [9.17, 15) is 14.4 Å².